The maximum atomic E-state index is 12.9. The monoisotopic (exact) mass is 467 g/mol. The molecule has 1 amide bonds. The van der Waals surface area contributed by atoms with Gasteiger partial charge in [-0.2, -0.15) is 0 Å². The molecule has 1 atom stereocenters. The molecule has 180 valence electrons. The Bertz CT molecular complexity index is 1190. The highest BCUT2D eigenvalue weighted by molar-refractivity contribution is 5.78. The van der Waals surface area contributed by atoms with Crippen LogP contribution < -0.4 is 25.2 Å². The van der Waals surface area contributed by atoms with Gasteiger partial charge >= 0.3 is 5.63 Å². The van der Waals surface area contributed by atoms with Gasteiger partial charge in [-0.15, -0.1) is 0 Å². The van der Waals surface area contributed by atoms with Gasteiger partial charge < -0.3 is 29.1 Å². The Kier molecular flexibility index (Phi) is 8.19. The van der Waals surface area contributed by atoms with Gasteiger partial charge in [-0.1, -0.05) is 36.4 Å². The first kappa shape index (κ1) is 24.7. The van der Waals surface area contributed by atoms with Crippen molar-refractivity contribution in [1.29, 1.82) is 0 Å². The second-order valence-corrected chi connectivity index (χ2v) is 7.71. The van der Waals surface area contributed by atoms with Crippen molar-refractivity contribution in [2.75, 3.05) is 27.9 Å². The maximum Gasteiger partial charge on any atom is 0.343 e. The lowest BCUT2D eigenvalue weighted by atomic mass is 9.87. The van der Waals surface area contributed by atoms with Gasteiger partial charge in [-0.25, -0.2) is 4.79 Å². The second kappa shape index (κ2) is 11.3. The summed E-state index contributed by atoms with van der Waals surface area (Å²) in [5.41, 5.74) is 0.813. The summed E-state index contributed by atoms with van der Waals surface area (Å²) in [4.78, 5) is 25.7. The topological polar surface area (TPSA) is 107 Å². The van der Waals surface area contributed by atoms with Crippen LogP contribution in [-0.4, -0.2) is 38.9 Å². The molecule has 0 saturated carbocycles. The van der Waals surface area contributed by atoms with Gasteiger partial charge in [-0.05, 0) is 25.0 Å². The zero-order valence-electron chi connectivity index (χ0n) is 19.7. The van der Waals surface area contributed by atoms with E-state index in [0.29, 0.717) is 35.8 Å². The molecule has 0 fully saturated rings. The van der Waals surface area contributed by atoms with Gasteiger partial charge in [0.15, 0.2) is 11.5 Å². The number of benzene rings is 2. The molecule has 3 aromatic rings. The number of carbonyl (C=O) groups excluding carboxylic acids is 1. The molecule has 0 aliphatic rings. The van der Waals surface area contributed by atoms with Gasteiger partial charge in [0.1, 0.15) is 11.5 Å². The summed E-state index contributed by atoms with van der Waals surface area (Å²) in [5, 5.41) is 13.5. The van der Waals surface area contributed by atoms with Gasteiger partial charge in [0.2, 0.25) is 11.7 Å². The van der Waals surface area contributed by atoms with Crippen molar-refractivity contribution in [2.24, 2.45) is 0 Å². The van der Waals surface area contributed by atoms with Crippen LogP contribution in [0, 0.1) is 6.92 Å². The first-order valence-corrected chi connectivity index (χ1v) is 10.8. The zero-order chi connectivity index (χ0) is 24.7. The number of hydrogen-bond donors (Lipinski definition) is 2. The molecule has 2 aromatic carbocycles. The van der Waals surface area contributed by atoms with E-state index in [1.165, 1.54) is 27.4 Å². The Labute approximate surface area is 198 Å². The van der Waals surface area contributed by atoms with Crippen LogP contribution in [0.25, 0.3) is 0 Å². The number of methoxy groups -OCH3 is 3. The molecule has 0 bridgehead atoms. The highest BCUT2D eigenvalue weighted by Crippen LogP contribution is 2.45. The molecule has 1 heterocycles. The molecular weight excluding hydrogens is 438 g/mol. The van der Waals surface area contributed by atoms with Crippen molar-refractivity contribution in [3.8, 4) is 23.0 Å². The van der Waals surface area contributed by atoms with E-state index in [0.717, 1.165) is 5.56 Å². The molecule has 34 heavy (non-hydrogen) atoms. The van der Waals surface area contributed by atoms with E-state index in [-0.39, 0.29) is 29.4 Å². The highest BCUT2D eigenvalue weighted by atomic mass is 16.5. The minimum atomic E-state index is -0.858. The molecule has 8 heteroatoms. The number of nitrogens with one attached hydrogen (secondary N) is 1. The molecule has 3 rings (SSSR count). The van der Waals surface area contributed by atoms with E-state index in [9.17, 15) is 14.7 Å². The Hall–Kier alpha value is -3.94. The minimum absolute atomic E-state index is 0.0330. The lowest BCUT2D eigenvalue weighted by molar-refractivity contribution is -0.121. The molecular formula is C26H29NO7. The predicted octanol–water partition coefficient (Wildman–Crippen LogP) is 3.56. The molecule has 1 aromatic heterocycles. The molecule has 0 aliphatic carbocycles. The molecule has 0 radical (unpaired) electrons. The normalized spacial score (nSPS) is 11.5. The van der Waals surface area contributed by atoms with Gasteiger partial charge in [0.25, 0.3) is 0 Å². The first-order valence-electron chi connectivity index (χ1n) is 10.8. The quantitative estimate of drug-likeness (QED) is 0.469. The molecule has 0 spiro atoms. The number of carbonyl (C=O) groups is 1. The van der Waals surface area contributed by atoms with E-state index in [2.05, 4.69) is 5.32 Å². The predicted molar refractivity (Wildman–Crippen MR) is 127 cm³/mol. The Morgan fingerprint density at radius 1 is 1.03 bits per heavy atom. The number of aryl methyl sites for hydroxylation is 1. The molecule has 2 N–H and O–H groups in total. The molecule has 8 nitrogen and oxygen atoms in total. The third-order valence-corrected chi connectivity index (χ3v) is 5.52. The SMILES string of the molecule is COc1ccc([C@H](CC(=O)NCCc2ccccc2)c2c(O)cc(C)oc2=O)c(OC)c1OC. The molecule has 0 aliphatic heterocycles. The zero-order valence-corrected chi connectivity index (χ0v) is 19.7. The Morgan fingerprint density at radius 2 is 1.74 bits per heavy atom. The van der Waals surface area contributed by atoms with Crippen molar-refractivity contribution in [1.82, 2.24) is 5.32 Å². The number of amides is 1. The van der Waals surface area contributed by atoms with E-state index in [4.69, 9.17) is 18.6 Å². The Balaban J connectivity index is 1.98. The third kappa shape index (κ3) is 5.51. The summed E-state index contributed by atoms with van der Waals surface area (Å²) in [6.07, 6.45) is 0.539. The average Bonchev–Trinajstić information content (AvgIpc) is 2.82. The fourth-order valence-electron chi connectivity index (χ4n) is 3.94. The Morgan fingerprint density at radius 3 is 2.35 bits per heavy atom. The van der Waals surface area contributed by atoms with Crippen LogP contribution in [0.4, 0.5) is 0 Å². The van der Waals surface area contributed by atoms with Crippen molar-refractivity contribution in [3.05, 3.63) is 81.4 Å². The summed E-state index contributed by atoms with van der Waals surface area (Å²) < 4.78 is 21.6. The lowest BCUT2D eigenvalue weighted by Gasteiger charge is -2.22. The largest absolute Gasteiger partial charge is 0.507 e. The van der Waals surface area contributed by atoms with E-state index < -0.39 is 11.5 Å². The molecule has 0 unspecified atom stereocenters. The molecule has 0 saturated heterocycles. The third-order valence-electron chi connectivity index (χ3n) is 5.52. The van der Waals surface area contributed by atoms with Crippen LogP contribution in [0.2, 0.25) is 0 Å². The van der Waals surface area contributed by atoms with Crippen LogP contribution >= 0.6 is 0 Å². The highest BCUT2D eigenvalue weighted by Gasteiger charge is 2.30. The van der Waals surface area contributed by atoms with Crippen LogP contribution in [0.15, 0.2) is 57.7 Å². The number of hydrogen-bond acceptors (Lipinski definition) is 7. The van der Waals surface area contributed by atoms with Crippen molar-refractivity contribution < 1.29 is 28.5 Å². The summed E-state index contributed by atoms with van der Waals surface area (Å²) in [5.74, 6) is -0.115. The van der Waals surface area contributed by atoms with Gasteiger partial charge in [-0.3, -0.25) is 4.79 Å². The van der Waals surface area contributed by atoms with Crippen LogP contribution in [-0.2, 0) is 11.2 Å². The van der Waals surface area contributed by atoms with Crippen molar-refractivity contribution >= 4 is 5.91 Å². The number of aromatic hydroxyl groups is 1. The first-order chi connectivity index (χ1) is 16.4. The van der Waals surface area contributed by atoms with E-state index in [1.54, 1.807) is 19.1 Å². The van der Waals surface area contributed by atoms with E-state index in [1.807, 2.05) is 30.3 Å². The number of rotatable bonds is 10. The van der Waals surface area contributed by atoms with Crippen LogP contribution in [0.3, 0.4) is 0 Å². The van der Waals surface area contributed by atoms with Gasteiger partial charge in [0, 0.05) is 30.5 Å². The van der Waals surface area contributed by atoms with Crippen LogP contribution in [0.1, 0.15) is 34.8 Å². The van der Waals surface area contributed by atoms with Gasteiger partial charge in [0.05, 0.1) is 26.9 Å². The summed E-state index contributed by atoms with van der Waals surface area (Å²) in [6, 6.07) is 14.5. The van der Waals surface area contributed by atoms with Crippen LogP contribution in [0.5, 0.6) is 23.0 Å². The number of ether oxygens (including phenoxy) is 3. The fraction of sp³-hybridized carbons (Fsp3) is 0.308. The van der Waals surface area contributed by atoms with E-state index >= 15 is 0 Å². The summed E-state index contributed by atoms with van der Waals surface area (Å²) in [6.45, 7) is 1.99. The standard InChI is InChI=1S/C26H29NO7/c1-16-14-20(28)23(26(30)34-16)19(15-22(29)27-13-12-17-8-6-5-7-9-17)18-10-11-21(31-2)25(33-4)24(18)32-3/h5-11,14,19,28H,12-13,15H2,1-4H3,(H,27,29)/t19-/m0/s1. The average molecular weight is 468 g/mol. The van der Waals surface area contributed by atoms with Crippen molar-refractivity contribution in [3.63, 3.8) is 0 Å². The summed E-state index contributed by atoms with van der Waals surface area (Å²) in [7, 11) is 4.41. The maximum absolute atomic E-state index is 12.9. The lowest BCUT2D eigenvalue weighted by Crippen LogP contribution is -2.29. The fourth-order valence-corrected chi connectivity index (χ4v) is 3.94. The summed E-state index contributed by atoms with van der Waals surface area (Å²) >= 11 is 0. The van der Waals surface area contributed by atoms with Crippen molar-refractivity contribution in [2.45, 2.75) is 25.7 Å². The minimum Gasteiger partial charge on any atom is -0.507 e. The smallest absolute Gasteiger partial charge is 0.343 e. The second-order valence-electron chi connectivity index (χ2n) is 7.71.